The Kier molecular flexibility index (Phi) is 3.82. The van der Waals surface area contributed by atoms with Gasteiger partial charge in [0.2, 0.25) is 0 Å². The second-order valence-electron chi connectivity index (χ2n) is 4.60. The quantitative estimate of drug-likeness (QED) is 0.856. The number of hydrogen-bond donors (Lipinski definition) is 0. The minimum atomic E-state index is 0.0362. The molecule has 2 aromatic rings. The molecule has 1 fully saturated rings. The van der Waals surface area contributed by atoms with Crippen LogP contribution in [0.2, 0.25) is 0 Å². The molecule has 1 aliphatic heterocycles. The Morgan fingerprint density at radius 1 is 1.47 bits per heavy atom. The van der Waals surface area contributed by atoms with Crippen molar-refractivity contribution >= 4 is 11.3 Å². The highest BCUT2D eigenvalue weighted by atomic mass is 32.1. The van der Waals surface area contributed by atoms with E-state index in [4.69, 9.17) is 4.74 Å². The summed E-state index contributed by atoms with van der Waals surface area (Å²) in [5.41, 5.74) is 3.97. The zero-order valence-corrected chi connectivity index (χ0v) is 11.6. The Bertz CT molecular complexity index is 531. The van der Waals surface area contributed by atoms with Crippen molar-refractivity contribution in [3.8, 4) is 0 Å². The average Bonchev–Trinajstić information content (AvgIpc) is 2.92. The molecule has 0 aliphatic carbocycles. The number of nitrogens with zero attached hydrogens (tertiary/aromatic N) is 4. The lowest BCUT2D eigenvalue weighted by atomic mass is 10.2. The molecule has 1 saturated heterocycles. The first-order valence-electron chi connectivity index (χ1n) is 6.32. The minimum Gasteiger partial charge on any atom is -0.369 e. The Morgan fingerprint density at radius 2 is 2.42 bits per heavy atom. The molecule has 100 valence electrons. The SMILES string of the molecule is Cc1nccc(C2CN(Cc3cscn3)CCO2)n1. The van der Waals surface area contributed by atoms with Gasteiger partial charge in [0.05, 0.1) is 23.5 Å². The highest BCUT2D eigenvalue weighted by molar-refractivity contribution is 7.07. The standard InChI is InChI=1S/C13H16N4OS/c1-10-14-3-2-12(16-10)13-7-17(4-5-18-13)6-11-8-19-9-15-11/h2-3,8-9,13H,4-7H2,1H3. The van der Waals surface area contributed by atoms with E-state index in [1.54, 1.807) is 17.5 Å². The van der Waals surface area contributed by atoms with E-state index in [0.29, 0.717) is 0 Å². The maximum absolute atomic E-state index is 5.82. The van der Waals surface area contributed by atoms with Gasteiger partial charge >= 0.3 is 0 Å². The highest BCUT2D eigenvalue weighted by Gasteiger charge is 2.23. The van der Waals surface area contributed by atoms with E-state index in [0.717, 1.165) is 43.5 Å². The maximum Gasteiger partial charge on any atom is 0.125 e. The summed E-state index contributed by atoms with van der Waals surface area (Å²) < 4.78 is 5.82. The number of thiazole rings is 1. The molecule has 0 N–H and O–H groups in total. The van der Waals surface area contributed by atoms with E-state index >= 15 is 0 Å². The van der Waals surface area contributed by atoms with Gasteiger partial charge in [0.25, 0.3) is 0 Å². The zero-order valence-electron chi connectivity index (χ0n) is 10.8. The van der Waals surface area contributed by atoms with Gasteiger partial charge in [-0.1, -0.05) is 0 Å². The predicted octanol–water partition coefficient (Wildman–Crippen LogP) is 1.82. The lowest BCUT2D eigenvalue weighted by molar-refractivity contribution is -0.0354. The van der Waals surface area contributed by atoms with Crippen molar-refractivity contribution in [1.29, 1.82) is 0 Å². The topological polar surface area (TPSA) is 51.1 Å². The van der Waals surface area contributed by atoms with Crippen molar-refractivity contribution in [2.75, 3.05) is 19.7 Å². The monoisotopic (exact) mass is 276 g/mol. The number of aromatic nitrogens is 3. The summed E-state index contributed by atoms with van der Waals surface area (Å²) in [6, 6.07) is 1.93. The summed E-state index contributed by atoms with van der Waals surface area (Å²) >= 11 is 1.64. The van der Waals surface area contributed by atoms with Gasteiger partial charge in [-0.15, -0.1) is 11.3 Å². The van der Waals surface area contributed by atoms with Gasteiger partial charge in [0.1, 0.15) is 11.9 Å². The van der Waals surface area contributed by atoms with Gasteiger partial charge in [0.15, 0.2) is 0 Å². The molecule has 5 nitrogen and oxygen atoms in total. The maximum atomic E-state index is 5.82. The number of aryl methyl sites for hydroxylation is 1. The molecule has 0 radical (unpaired) electrons. The number of hydrogen-bond acceptors (Lipinski definition) is 6. The van der Waals surface area contributed by atoms with Crippen LogP contribution in [0.3, 0.4) is 0 Å². The van der Waals surface area contributed by atoms with E-state index in [2.05, 4.69) is 25.2 Å². The van der Waals surface area contributed by atoms with Gasteiger partial charge in [0, 0.05) is 31.2 Å². The average molecular weight is 276 g/mol. The van der Waals surface area contributed by atoms with Crippen molar-refractivity contribution in [1.82, 2.24) is 19.9 Å². The summed E-state index contributed by atoms with van der Waals surface area (Å²) in [5.74, 6) is 0.790. The molecule has 1 atom stereocenters. The van der Waals surface area contributed by atoms with Crippen molar-refractivity contribution < 1.29 is 4.74 Å². The van der Waals surface area contributed by atoms with Crippen LogP contribution in [0.25, 0.3) is 0 Å². The predicted molar refractivity (Wildman–Crippen MR) is 72.9 cm³/mol. The third-order valence-corrected chi connectivity index (χ3v) is 3.78. The van der Waals surface area contributed by atoms with E-state index in [1.807, 2.05) is 18.5 Å². The van der Waals surface area contributed by atoms with Gasteiger partial charge < -0.3 is 4.74 Å². The lowest BCUT2D eigenvalue weighted by Crippen LogP contribution is -2.38. The first kappa shape index (κ1) is 12.7. The molecule has 6 heteroatoms. The Balaban J connectivity index is 1.67. The van der Waals surface area contributed by atoms with E-state index < -0.39 is 0 Å². The summed E-state index contributed by atoms with van der Waals surface area (Å²) in [7, 11) is 0. The molecular formula is C13H16N4OS. The van der Waals surface area contributed by atoms with Gasteiger partial charge in [-0.25, -0.2) is 15.0 Å². The minimum absolute atomic E-state index is 0.0362. The molecule has 0 spiro atoms. The van der Waals surface area contributed by atoms with Gasteiger partial charge in [-0.2, -0.15) is 0 Å². The third kappa shape index (κ3) is 3.15. The number of ether oxygens (including phenoxy) is 1. The first-order valence-corrected chi connectivity index (χ1v) is 7.26. The molecule has 3 rings (SSSR count). The molecular weight excluding hydrogens is 260 g/mol. The number of morpholine rings is 1. The summed E-state index contributed by atoms with van der Waals surface area (Å²) in [4.78, 5) is 15.3. The Labute approximate surface area is 116 Å². The molecule has 0 amide bonds. The van der Waals surface area contributed by atoms with Crippen molar-refractivity contribution in [2.45, 2.75) is 19.6 Å². The van der Waals surface area contributed by atoms with E-state index in [-0.39, 0.29) is 6.10 Å². The zero-order chi connectivity index (χ0) is 13.1. The summed E-state index contributed by atoms with van der Waals surface area (Å²) in [5, 5.41) is 2.10. The molecule has 19 heavy (non-hydrogen) atoms. The van der Waals surface area contributed by atoms with Gasteiger partial charge in [-0.3, -0.25) is 4.90 Å². The summed E-state index contributed by atoms with van der Waals surface area (Å²) in [6.45, 7) is 5.32. The first-order chi connectivity index (χ1) is 9.31. The van der Waals surface area contributed by atoms with Gasteiger partial charge in [-0.05, 0) is 13.0 Å². The van der Waals surface area contributed by atoms with Crippen LogP contribution in [0.15, 0.2) is 23.2 Å². The van der Waals surface area contributed by atoms with Crippen LogP contribution >= 0.6 is 11.3 Å². The molecule has 3 heterocycles. The molecule has 0 saturated carbocycles. The molecule has 0 bridgehead atoms. The molecule has 0 aromatic carbocycles. The Hall–Kier alpha value is -1.37. The normalized spacial score (nSPS) is 20.6. The fraction of sp³-hybridized carbons (Fsp3) is 0.462. The van der Waals surface area contributed by atoms with Crippen molar-refractivity contribution in [3.05, 3.63) is 40.4 Å². The van der Waals surface area contributed by atoms with Crippen LogP contribution in [0, 0.1) is 6.92 Å². The highest BCUT2D eigenvalue weighted by Crippen LogP contribution is 2.21. The van der Waals surface area contributed by atoms with Crippen LogP contribution in [0.4, 0.5) is 0 Å². The fourth-order valence-corrected chi connectivity index (χ4v) is 2.77. The summed E-state index contributed by atoms with van der Waals surface area (Å²) in [6.07, 6.45) is 1.83. The van der Waals surface area contributed by atoms with E-state index in [1.165, 1.54) is 0 Å². The van der Waals surface area contributed by atoms with Crippen molar-refractivity contribution in [3.63, 3.8) is 0 Å². The van der Waals surface area contributed by atoms with E-state index in [9.17, 15) is 0 Å². The third-order valence-electron chi connectivity index (χ3n) is 3.15. The smallest absolute Gasteiger partial charge is 0.125 e. The Morgan fingerprint density at radius 3 is 3.21 bits per heavy atom. The second-order valence-corrected chi connectivity index (χ2v) is 5.32. The van der Waals surface area contributed by atoms with Crippen molar-refractivity contribution in [2.24, 2.45) is 0 Å². The molecule has 2 aromatic heterocycles. The van der Waals surface area contributed by atoms with Crippen LogP contribution in [0.1, 0.15) is 23.3 Å². The van der Waals surface area contributed by atoms with Crippen LogP contribution in [0.5, 0.6) is 0 Å². The lowest BCUT2D eigenvalue weighted by Gasteiger charge is -2.32. The second kappa shape index (κ2) is 5.73. The molecule has 1 unspecified atom stereocenters. The largest absolute Gasteiger partial charge is 0.369 e. The van der Waals surface area contributed by atoms with Crippen LogP contribution < -0.4 is 0 Å². The number of rotatable bonds is 3. The van der Waals surface area contributed by atoms with Crippen LogP contribution in [-0.4, -0.2) is 39.5 Å². The fourth-order valence-electron chi connectivity index (χ4n) is 2.22. The van der Waals surface area contributed by atoms with Crippen LogP contribution in [-0.2, 0) is 11.3 Å². The molecule has 1 aliphatic rings.